The number of carbonyl (C=O) groups is 1. The monoisotopic (exact) mass is 405 g/mol. The van der Waals surface area contributed by atoms with E-state index in [0.29, 0.717) is 17.3 Å². The number of amides is 1. The van der Waals surface area contributed by atoms with Crippen LogP contribution in [-0.2, 0) is 10.0 Å². The van der Waals surface area contributed by atoms with Gasteiger partial charge in [0.05, 0.1) is 17.5 Å². The summed E-state index contributed by atoms with van der Waals surface area (Å²) in [6.07, 6.45) is 0. The van der Waals surface area contributed by atoms with Crippen molar-refractivity contribution in [2.75, 3.05) is 17.2 Å². The van der Waals surface area contributed by atoms with E-state index in [1.54, 1.807) is 30.3 Å². The van der Waals surface area contributed by atoms with Gasteiger partial charge in [0.25, 0.3) is 15.9 Å². The number of sulfonamides is 1. The highest BCUT2D eigenvalue weighted by Gasteiger charge is 2.33. The number of hydrogen-bond donors (Lipinski definition) is 1. The number of anilines is 1. The molecule has 140 valence electrons. The highest BCUT2D eigenvalue weighted by atomic mass is 32.2. The van der Waals surface area contributed by atoms with Crippen molar-refractivity contribution >= 4 is 38.5 Å². The molecule has 6 nitrogen and oxygen atoms in total. The van der Waals surface area contributed by atoms with Gasteiger partial charge in [-0.25, -0.2) is 12.8 Å². The second-order valence-corrected chi connectivity index (χ2v) is 9.11. The van der Waals surface area contributed by atoms with Gasteiger partial charge in [-0.3, -0.25) is 4.79 Å². The van der Waals surface area contributed by atoms with Crippen LogP contribution in [0.5, 0.6) is 0 Å². The average molecular weight is 405 g/mol. The molecule has 2 aromatic rings. The van der Waals surface area contributed by atoms with Gasteiger partial charge in [0, 0.05) is 17.0 Å². The summed E-state index contributed by atoms with van der Waals surface area (Å²) in [6.45, 7) is 2.18. The van der Waals surface area contributed by atoms with Crippen molar-refractivity contribution in [3.63, 3.8) is 0 Å². The molecule has 0 aromatic heterocycles. The van der Waals surface area contributed by atoms with Gasteiger partial charge < -0.3 is 10.2 Å². The Hall–Kier alpha value is -2.39. The summed E-state index contributed by atoms with van der Waals surface area (Å²) < 4.78 is 40.2. The van der Waals surface area contributed by atoms with Crippen molar-refractivity contribution in [3.05, 3.63) is 59.4 Å². The molecule has 0 fully saturated rings. The number of hydrogen-bond acceptors (Lipinski definition) is 5. The van der Waals surface area contributed by atoms with Gasteiger partial charge in [-0.2, -0.15) is 0 Å². The molecule has 2 aliphatic rings. The van der Waals surface area contributed by atoms with Crippen LogP contribution in [0.15, 0.2) is 51.8 Å². The van der Waals surface area contributed by atoms with Crippen molar-refractivity contribution < 1.29 is 17.6 Å². The molecule has 0 bridgehead atoms. The lowest BCUT2D eigenvalue weighted by atomic mass is 10.1. The van der Waals surface area contributed by atoms with E-state index in [0.717, 1.165) is 16.1 Å². The van der Waals surface area contributed by atoms with Gasteiger partial charge in [0.1, 0.15) is 5.82 Å². The molecular formula is C18H16FN3O3S2. The summed E-state index contributed by atoms with van der Waals surface area (Å²) in [4.78, 5) is 15.2. The molecular weight excluding hydrogens is 389 g/mol. The Bertz CT molecular complexity index is 1050. The van der Waals surface area contributed by atoms with Crippen molar-refractivity contribution in [1.29, 1.82) is 0 Å². The van der Waals surface area contributed by atoms with E-state index >= 15 is 0 Å². The van der Waals surface area contributed by atoms with E-state index < -0.39 is 10.0 Å². The predicted molar refractivity (Wildman–Crippen MR) is 103 cm³/mol. The third-order valence-corrected chi connectivity index (χ3v) is 6.76. The first-order chi connectivity index (χ1) is 12.8. The standard InChI is InChI=1S/C18H16FN3O3S2/c1-11(12-2-5-14(19)6-3-12)20-17(23)13-4-7-15-16(10-13)26-18-21-27(24,25)9-8-22(15)18/h2-7,10-11H,8-9H2,1H3,(H,20,23)/t11-/m1/s1. The number of halogens is 1. The summed E-state index contributed by atoms with van der Waals surface area (Å²) in [7, 11) is -3.41. The fraction of sp³-hybridized carbons (Fsp3) is 0.222. The van der Waals surface area contributed by atoms with Crippen LogP contribution in [0.3, 0.4) is 0 Å². The lowest BCUT2D eigenvalue weighted by molar-refractivity contribution is 0.0939. The summed E-state index contributed by atoms with van der Waals surface area (Å²) in [5.41, 5.74) is 2.13. The molecule has 1 N–H and O–H groups in total. The molecule has 0 aliphatic carbocycles. The van der Waals surface area contributed by atoms with Crippen molar-refractivity contribution in [3.8, 4) is 0 Å². The van der Waals surface area contributed by atoms with Crippen LogP contribution in [0.4, 0.5) is 10.1 Å². The highest BCUT2D eigenvalue weighted by Crippen LogP contribution is 2.42. The van der Waals surface area contributed by atoms with Crippen LogP contribution in [0.25, 0.3) is 0 Å². The lowest BCUT2D eigenvalue weighted by Gasteiger charge is -2.22. The van der Waals surface area contributed by atoms with Crippen molar-refractivity contribution in [2.45, 2.75) is 17.9 Å². The molecule has 0 saturated carbocycles. The Balaban J connectivity index is 1.53. The fourth-order valence-corrected chi connectivity index (χ4v) is 5.28. The van der Waals surface area contributed by atoms with Crippen molar-refractivity contribution in [1.82, 2.24) is 5.32 Å². The molecule has 1 amide bonds. The van der Waals surface area contributed by atoms with Gasteiger partial charge in [0.15, 0.2) is 5.17 Å². The van der Waals surface area contributed by atoms with Gasteiger partial charge in [-0.15, -0.1) is 4.40 Å². The minimum absolute atomic E-state index is 0.0199. The molecule has 2 aliphatic heterocycles. The van der Waals surface area contributed by atoms with Crippen LogP contribution < -0.4 is 10.2 Å². The maximum Gasteiger partial charge on any atom is 0.257 e. The van der Waals surface area contributed by atoms with Crippen LogP contribution in [0, 0.1) is 5.82 Å². The molecule has 0 spiro atoms. The van der Waals surface area contributed by atoms with E-state index in [1.807, 2.05) is 11.8 Å². The molecule has 2 heterocycles. The number of nitrogens with one attached hydrogen (secondary N) is 1. The summed E-state index contributed by atoms with van der Waals surface area (Å²) in [5.74, 6) is -0.600. The fourth-order valence-electron chi connectivity index (χ4n) is 2.99. The molecule has 2 aromatic carbocycles. The van der Waals surface area contributed by atoms with E-state index in [2.05, 4.69) is 9.71 Å². The van der Waals surface area contributed by atoms with E-state index in [1.165, 1.54) is 23.9 Å². The van der Waals surface area contributed by atoms with E-state index in [-0.39, 0.29) is 23.5 Å². The first-order valence-electron chi connectivity index (χ1n) is 8.31. The lowest BCUT2D eigenvalue weighted by Crippen LogP contribution is -2.35. The van der Waals surface area contributed by atoms with Crippen LogP contribution >= 0.6 is 11.8 Å². The van der Waals surface area contributed by atoms with Gasteiger partial charge in [0.2, 0.25) is 0 Å². The molecule has 0 unspecified atom stereocenters. The zero-order valence-electron chi connectivity index (χ0n) is 14.3. The van der Waals surface area contributed by atoms with Crippen LogP contribution in [-0.4, -0.2) is 31.8 Å². The Morgan fingerprint density at radius 2 is 2.00 bits per heavy atom. The zero-order valence-corrected chi connectivity index (χ0v) is 16.0. The maximum absolute atomic E-state index is 13.0. The van der Waals surface area contributed by atoms with Gasteiger partial charge in [-0.1, -0.05) is 12.1 Å². The molecule has 0 saturated heterocycles. The third kappa shape index (κ3) is 3.57. The van der Waals surface area contributed by atoms with Gasteiger partial charge >= 0.3 is 0 Å². The van der Waals surface area contributed by atoms with E-state index in [9.17, 15) is 17.6 Å². The number of rotatable bonds is 3. The second-order valence-electron chi connectivity index (χ2n) is 6.34. The largest absolute Gasteiger partial charge is 0.346 e. The Morgan fingerprint density at radius 1 is 1.26 bits per heavy atom. The second kappa shape index (κ2) is 6.65. The number of thioether (sulfide) groups is 1. The minimum atomic E-state index is -3.41. The molecule has 9 heteroatoms. The molecule has 4 rings (SSSR count). The number of amidine groups is 1. The first kappa shape index (κ1) is 18.0. The molecule has 0 radical (unpaired) electrons. The van der Waals surface area contributed by atoms with Crippen LogP contribution in [0.2, 0.25) is 0 Å². The van der Waals surface area contributed by atoms with Gasteiger partial charge in [-0.05, 0) is 54.6 Å². The Kier molecular flexibility index (Phi) is 4.43. The Labute approximate surface area is 160 Å². The first-order valence-corrected chi connectivity index (χ1v) is 10.7. The molecule has 27 heavy (non-hydrogen) atoms. The number of fused-ring (bicyclic) bond motifs is 3. The van der Waals surface area contributed by atoms with E-state index in [4.69, 9.17) is 0 Å². The maximum atomic E-state index is 13.0. The van der Waals surface area contributed by atoms with Crippen LogP contribution in [0.1, 0.15) is 28.9 Å². The smallest absolute Gasteiger partial charge is 0.257 e. The third-order valence-electron chi connectivity index (χ3n) is 4.45. The van der Waals surface area contributed by atoms with Crippen molar-refractivity contribution in [2.24, 2.45) is 4.40 Å². The summed E-state index contributed by atoms with van der Waals surface area (Å²) in [5, 5.41) is 3.31. The zero-order chi connectivity index (χ0) is 19.2. The predicted octanol–water partition coefficient (Wildman–Crippen LogP) is 2.93. The SMILES string of the molecule is C[C@@H](NC(=O)c1ccc2c(c1)SC1=NS(=O)(=O)CCN12)c1ccc(F)cc1. The number of benzene rings is 2. The average Bonchev–Trinajstić information content (AvgIpc) is 2.97. The quantitative estimate of drug-likeness (QED) is 0.850. The summed E-state index contributed by atoms with van der Waals surface area (Å²) >= 11 is 1.25. The Morgan fingerprint density at radius 3 is 2.74 bits per heavy atom. The number of carbonyl (C=O) groups excluding carboxylic acids is 1. The topological polar surface area (TPSA) is 78.8 Å². The normalized spacial score (nSPS) is 18.3. The number of nitrogens with zero attached hydrogens (tertiary/aromatic N) is 2. The minimum Gasteiger partial charge on any atom is -0.346 e. The summed E-state index contributed by atoms with van der Waals surface area (Å²) in [6, 6.07) is 11.0. The highest BCUT2D eigenvalue weighted by molar-refractivity contribution is 8.15. The molecule has 1 atom stereocenters.